The van der Waals surface area contributed by atoms with E-state index in [1.807, 2.05) is 13.0 Å². The molecule has 0 unspecified atom stereocenters. The van der Waals surface area contributed by atoms with Crippen LogP contribution in [0.3, 0.4) is 0 Å². The first-order valence-electron chi connectivity index (χ1n) is 5.76. The van der Waals surface area contributed by atoms with E-state index >= 15 is 0 Å². The van der Waals surface area contributed by atoms with Crippen molar-refractivity contribution in [3.8, 4) is 6.07 Å². The Morgan fingerprint density at radius 3 is 2.72 bits per heavy atom. The van der Waals surface area contributed by atoms with E-state index < -0.39 is 0 Å². The fraction of sp³-hybridized carbons (Fsp3) is 0.385. The Labute approximate surface area is 105 Å². The van der Waals surface area contributed by atoms with Crippen molar-refractivity contribution in [3.63, 3.8) is 0 Å². The van der Waals surface area contributed by atoms with E-state index in [-0.39, 0.29) is 11.5 Å². The van der Waals surface area contributed by atoms with Crippen LogP contribution < -0.4 is 0 Å². The summed E-state index contributed by atoms with van der Waals surface area (Å²) in [6.45, 7) is 3.89. The summed E-state index contributed by atoms with van der Waals surface area (Å²) in [5.41, 5.74) is 0.0891. The first-order chi connectivity index (χ1) is 8.70. The van der Waals surface area contributed by atoms with Gasteiger partial charge in [-0.15, -0.1) is 0 Å². The average Bonchev–Trinajstić information content (AvgIpc) is 2.82. The fourth-order valence-electron chi connectivity index (χ4n) is 1.75. The molecular formula is C13H14N2O3. The van der Waals surface area contributed by atoms with Gasteiger partial charge in [-0.1, -0.05) is 0 Å². The van der Waals surface area contributed by atoms with E-state index in [0.717, 1.165) is 5.76 Å². The third kappa shape index (κ3) is 2.79. The molecule has 1 aromatic rings. The van der Waals surface area contributed by atoms with Crippen LogP contribution in [-0.2, 0) is 9.53 Å². The number of nitriles is 1. The molecule has 0 aliphatic carbocycles. The smallest absolute Gasteiger partial charge is 0.264 e. The first-order valence-corrected chi connectivity index (χ1v) is 5.76. The second kappa shape index (κ2) is 5.52. The molecule has 5 nitrogen and oxygen atoms in total. The minimum atomic E-state index is -0.269. The molecule has 94 valence electrons. The second-order valence-electron chi connectivity index (χ2n) is 4.02. The van der Waals surface area contributed by atoms with Crippen LogP contribution in [0.1, 0.15) is 11.5 Å². The molecule has 0 N–H and O–H groups in total. The van der Waals surface area contributed by atoms with Crippen LogP contribution in [0.15, 0.2) is 22.1 Å². The van der Waals surface area contributed by atoms with Gasteiger partial charge in [-0.25, -0.2) is 0 Å². The number of hydrogen-bond donors (Lipinski definition) is 0. The van der Waals surface area contributed by atoms with Gasteiger partial charge in [0.15, 0.2) is 0 Å². The number of hydrogen-bond acceptors (Lipinski definition) is 4. The van der Waals surface area contributed by atoms with E-state index in [4.69, 9.17) is 14.4 Å². The highest BCUT2D eigenvalue weighted by atomic mass is 16.5. The predicted octanol–water partition coefficient (Wildman–Crippen LogP) is 1.35. The van der Waals surface area contributed by atoms with Crippen LogP contribution in [0, 0.1) is 18.3 Å². The maximum absolute atomic E-state index is 12.1. The summed E-state index contributed by atoms with van der Waals surface area (Å²) in [4.78, 5) is 13.7. The van der Waals surface area contributed by atoms with Crippen molar-refractivity contribution >= 4 is 12.0 Å². The zero-order chi connectivity index (χ0) is 13.0. The normalized spacial score (nSPS) is 16.4. The SMILES string of the molecule is Cc1ccc(C=C(C#N)C(=O)N2CCOCC2)o1. The van der Waals surface area contributed by atoms with E-state index in [1.165, 1.54) is 6.08 Å². The molecule has 0 radical (unpaired) electrons. The Balaban J connectivity index is 2.15. The zero-order valence-corrected chi connectivity index (χ0v) is 10.2. The van der Waals surface area contributed by atoms with Crippen LogP contribution in [0.4, 0.5) is 0 Å². The number of furan rings is 1. The molecule has 2 rings (SSSR count). The number of amides is 1. The Morgan fingerprint density at radius 2 is 2.17 bits per heavy atom. The van der Waals surface area contributed by atoms with Crippen LogP contribution >= 0.6 is 0 Å². The van der Waals surface area contributed by atoms with Gasteiger partial charge in [0, 0.05) is 19.2 Å². The summed E-state index contributed by atoms with van der Waals surface area (Å²) in [5, 5.41) is 9.06. The molecule has 1 aromatic heterocycles. The van der Waals surface area contributed by atoms with E-state index in [2.05, 4.69) is 0 Å². The molecule has 1 saturated heterocycles. The summed E-state index contributed by atoms with van der Waals surface area (Å²) in [7, 11) is 0. The Kier molecular flexibility index (Phi) is 3.80. The lowest BCUT2D eigenvalue weighted by molar-refractivity contribution is -0.130. The molecule has 1 fully saturated rings. The maximum Gasteiger partial charge on any atom is 0.264 e. The third-order valence-electron chi connectivity index (χ3n) is 2.70. The van der Waals surface area contributed by atoms with Crippen molar-refractivity contribution in [2.45, 2.75) is 6.92 Å². The quantitative estimate of drug-likeness (QED) is 0.583. The zero-order valence-electron chi connectivity index (χ0n) is 10.2. The monoisotopic (exact) mass is 246 g/mol. The highest BCUT2D eigenvalue weighted by Gasteiger charge is 2.20. The summed E-state index contributed by atoms with van der Waals surface area (Å²) in [6.07, 6.45) is 1.48. The van der Waals surface area contributed by atoms with Crippen LogP contribution in [0.2, 0.25) is 0 Å². The van der Waals surface area contributed by atoms with Crippen molar-refractivity contribution in [1.29, 1.82) is 5.26 Å². The van der Waals surface area contributed by atoms with Crippen molar-refractivity contribution in [2.75, 3.05) is 26.3 Å². The number of morpholine rings is 1. The van der Waals surface area contributed by atoms with Crippen molar-refractivity contribution < 1.29 is 13.9 Å². The molecular weight excluding hydrogens is 232 g/mol. The number of rotatable bonds is 2. The topological polar surface area (TPSA) is 66.5 Å². The van der Waals surface area contributed by atoms with Gasteiger partial charge in [-0.2, -0.15) is 5.26 Å². The summed E-state index contributed by atoms with van der Waals surface area (Å²) >= 11 is 0. The van der Waals surface area contributed by atoms with Gasteiger partial charge in [-0.05, 0) is 19.1 Å². The summed E-state index contributed by atoms with van der Waals surface area (Å²) in [6, 6.07) is 5.45. The van der Waals surface area contributed by atoms with Gasteiger partial charge < -0.3 is 14.1 Å². The standard InChI is InChI=1S/C13H14N2O3/c1-10-2-3-12(18-10)8-11(9-14)13(16)15-4-6-17-7-5-15/h2-3,8H,4-7H2,1H3. The second-order valence-corrected chi connectivity index (χ2v) is 4.02. The average molecular weight is 246 g/mol. The predicted molar refractivity (Wildman–Crippen MR) is 64.4 cm³/mol. The van der Waals surface area contributed by atoms with E-state index in [1.54, 1.807) is 17.0 Å². The molecule has 0 spiro atoms. The third-order valence-corrected chi connectivity index (χ3v) is 2.70. The lowest BCUT2D eigenvalue weighted by Crippen LogP contribution is -2.41. The summed E-state index contributed by atoms with van der Waals surface area (Å²) in [5.74, 6) is 0.998. The van der Waals surface area contributed by atoms with E-state index in [0.29, 0.717) is 32.1 Å². The lowest BCUT2D eigenvalue weighted by atomic mass is 10.2. The fourth-order valence-corrected chi connectivity index (χ4v) is 1.75. The maximum atomic E-state index is 12.1. The minimum Gasteiger partial charge on any atom is -0.462 e. The van der Waals surface area contributed by atoms with Gasteiger partial charge in [0.1, 0.15) is 23.2 Å². The number of carbonyl (C=O) groups excluding carboxylic acids is 1. The lowest BCUT2D eigenvalue weighted by Gasteiger charge is -2.26. The van der Waals surface area contributed by atoms with Gasteiger partial charge in [0.25, 0.3) is 5.91 Å². The van der Waals surface area contributed by atoms with Gasteiger partial charge in [0.2, 0.25) is 0 Å². The number of nitrogens with zero attached hydrogens (tertiary/aromatic N) is 2. The number of ether oxygens (including phenoxy) is 1. The van der Waals surface area contributed by atoms with Crippen molar-refractivity contribution in [3.05, 3.63) is 29.2 Å². The minimum absolute atomic E-state index is 0.0891. The molecule has 2 heterocycles. The number of aryl methyl sites for hydroxylation is 1. The molecule has 0 bridgehead atoms. The van der Waals surface area contributed by atoms with Crippen molar-refractivity contribution in [1.82, 2.24) is 4.90 Å². The van der Waals surface area contributed by atoms with Crippen LogP contribution in [0.25, 0.3) is 6.08 Å². The van der Waals surface area contributed by atoms with Gasteiger partial charge in [-0.3, -0.25) is 4.79 Å². The number of carbonyl (C=O) groups is 1. The Hall–Kier alpha value is -2.06. The van der Waals surface area contributed by atoms with Crippen molar-refractivity contribution in [2.24, 2.45) is 0 Å². The highest BCUT2D eigenvalue weighted by molar-refractivity contribution is 6.01. The van der Waals surface area contributed by atoms with Gasteiger partial charge >= 0.3 is 0 Å². The molecule has 1 aliphatic rings. The molecule has 0 aromatic carbocycles. The molecule has 18 heavy (non-hydrogen) atoms. The first kappa shape index (κ1) is 12.4. The molecule has 1 amide bonds. The molecule has 5 heteroatoms. The summed E-state index contributed by atoms with van der Waals surface area (Å²) < 4.78 is 10.5. The largest absolute Gasteiger partial charge is 0.462 e. The molecule has 0 saturated carbocycles. The Bertz CT molecular complexity index is 505. The molecule has 1 aliphatic heterocycles. The van der Waals surface area contributed by atoms with Crippen LogP contribution in [0.5, 0.6) is 0 Å². The molecule has 0 atom stereocenters. The Morgan fingerprint density at radius 1 is 1.44 bits per heavy atom. The van der Waals surface area contributed by atoms with Gasteiger partial charge in [0.05, 0.1) is 13.2 Å². The van der Waals surface area contributed by atoms with E-state index in [9.17, 15) is 4.79 Å². The van der Waals surface area contributed by atoms with Crippen LogP contribution in [-0.4, -0.2) is 37.1 Å². The highest BCUT2D eigenvalue weighted by Crippen LogP contribution is 2.13.